The van der Waals surface area contributed by atoms with Gasteiger partial charge in [0.05, 0.1) is 0 Å². The molecule has 1 N–H and O–H groups in total. The predicted molar refractivity (Wildman–Crippen MR) is 99.0 cm³/mol. The molecule has 0 heterocycles. The van der Waals surface area contributed by atoms with Gasteiger partial charge in [0.25, 0.3) is 5.91 Å². The molecule has 0 bridgehead atoms. The van der Waals surface area contributed by atoms with E-state index in [2.05, 4.69) is 24.4 Å². The Kier molecular flexibility index (Phi) is 6.75. The maximum Gasteiger partial charge on any atom is 0.260 e. The third-order valence-corrected chi connectivity index (χ3v) is 4.23. The van der Waals surface area contributed by atoms with E-state index >= 15 is 0 Å². The summed E-state index contributed by atoms with van der Waals surface area (Å²) in [5.74, 6) is 0.712. The Bertz CT molecular complexity index is 695. The van der Waals surface area contributed by atoms with Gasteiger partial charge in [-0.05, 0) is 50.1 Å². The number of ketones is 1. The maximum absolute atomic E-state index is 12.3. The standard InChI is InChI=1S/C21H25NO3/c1-4-17(19-8-6-5-7-9-19)14-22-21(24)16(3)25-20-12-10-18(11-13-20)15(2)23/h5-13,16-17H,4,14H2,1-3H3,(H,22,24)/t16-,17+/m0/s1. The molecule has 2 atom stereocenters. The highest BCUT2D eigenvalue weighted by Crippen LogP contribution is 2.18. The fourth-order valence-corrected chi connectivity index (χ4v) is 2.62. The van der Waals surface area contributed by atoms with Crippen LogP contribution in [-0.4, -0.2) is 24.3 Å². The van der Waals surface area contributed by atoms with E-state index in [1.165, 1.54) is 12.5 Å². The van der Waals surface area contributed by atoms with Crippen molar-refractivity contribution < 1.29 is 14.3 Å². The van der Waals surface area contributed by atoms with Crippen molar-refractivity contribution in [2.45, 2.75) is 39.2 Å². The van der Waals surface area contributed by atoms with Crippen LogP contribution in [-0.2, 0) is 4.79 Å². The molecule has 0 radical (unpaired) electrons. The molecule has 0 aliphatic heterocycles. The van der Waals surface area contributed by atoms with Gasteiger partial charge in [-0.2, -0.15) is 0 Å². The average Bonchev–Trinajstić information content (AvgIpc) is 2.63. The van der Waals surface area contributed by atoms with E-state index in [-0.39, 0.29) is 17.6 Å². The molecule has 1 amide bonds. The molecule has 132 valence electrons. The number of carbonyl (C=O) groups is 2. The number of benzene rings is 2. The molecule has 4 nitrogen and oxygen atoms in total. The molecule has 0 spiro atoms. The Balaban J connectivity index is 1.88. The molecule has 0 fully saturated rings. The van der Waals surface area contributed by atoms with Gasteiger partial charge in [-0.15, -0.1) is 0 Å². The molecule has 0 aromatic heterocycles. The minimum absolute atomic E-state index is 0.00357. The molecule has 2 aromatic rings. The first-order valence-electron chi connectivity index (χ1n) is 8.61. The summed E-state index contributed by atoms with van der Waals surface area (Å²) in [7, 11) is 0. The van der Waals surface area contributed by atoms with Crippen LogP contribution in [0.3, 0.4) is 0 Å². The lowest BCUT2D eigenvalue weighted by Gasteiger charge is -2.19. The summed E-state index contributed by atoms with van der Waals surface area (Å²) in [5, 5.41) is 2.96. The smallest absolute Gasteiger partial charge is 0.260 e. The quantitative estimate of drug-likeness (QED) is 0.741. The van der Waals surface area contributed by atoms with Gasteiger partial charge in [0.15, 0.2) is 11.9 Å². The summed E-state index contributed by atoms with van der Waals surface area (Å²) in [6.07, 6.45) is 0.350. The summed E-state index contributed by atoms with van der Waals surface area (Å²) in [6.45, 7) is 5.93. The van der Waals surface area contributed by atoms with Crippen molar-refractivity contribution in [2.24, 2.45) is 0 Å². The Labute approximate surface area is 149 Å². The van der Waals surface area contributed by atoms with E-state index < -0.39 is 6.10 Å². The van der Waals surface area contributed by atoms with Crippen molar-refractivity contribution in [2.75, 3.05) is 6.54 Å². The van der Waals surface area contributed by atoms with Crippen LogP contribution in [0.4, 0.5) is 0 Å². The van der Waals surface area contributed by atoms with Crippen LogP contribution in [0.5, 0.6) is 5.75 Å². The van der Waals surface area contributed by atoms with Crippen LogP contribution < -0.4 is 10.1 Å². The highest BCUT2D eigenvalue weighted by Gasteiger charge is 2.17. The maximum atomic E-state index is 12.3. The minimum Gasteiger partial charge on any atom is -0.481 e. The van der Waals surface area contributed by atoms with Crippen LogP contribution >= 0.6 is 0 Å². The molecule has 2 rings (SSSR count). The lowest BCUT2D eigenvalue weighted by atomic mass is 9.96. The van der Waals surface area contributed by atoms with Crippen molar-refractivity contribution in [1.29, 1.82) is 0 Å². The van der Waals surface area contributed by atoms with E-state index in [1.807, 2.05) is 18.2 Å². The lowest BCUT2D eigenvalue weighted by molar-refractivity contribution is -0.127. The zero-order chi connectivity index (χ0) is 18.2. The van der Waals surface area contributed by atoms with Gasteiger partial charge in [0, 0.05) is 18.0 Å². The topological polar surface area (TPSA) is 55.4 Å². The van der Waals surface area contributed by atoms with Crippen LogP contribution in [0.25, 0.3) is 0 Å². The van der Waals surface area contributed by atoms with E-state index in [1.54, 1.807) is 31.2 Å². The van der Waals surface area contributed by atoms with Crippen molar-refractivity contribution in [1.82, 2.24) is 5.32 Å². The second-order valence-corrected chi connectivity index (χ2v) is 6.10. The first kappa shape index (κ1) is 18.7. The predicted octanol–water partition coefficient (Wildman–Crippen LogP) is 3.97. The van der Waals surface area contributed by atoms with Gasteiger partial charge in [-0.25, -0.2) is 0 Å². The number of carbonyl (C=O) groups excluding carboxylic acids is 2. The number of ether oxygens (including phenoxy) is 1. The fourth-order valence-electron chi connectivity index (χ4n) is 2.62. The number of hydrogen-bond acceptors (Lipinski definition) is 3. The zero-order valence-corrected chi connectivity index (χ0v) is 15.0. The molecular weight excluding hydrogens is 314 g/mol. The van der Waals surface area contributed by atoms with E-state index in [9.17, 15) is 9.59 Å². The molecule has 0 aliphatic carbocycles. The van der Waals surface area contributed by atoms with Crippen LogP contribution in [0.1, 0.15) is 49.0 Å². The van der Waals surface area contributed by atoms with Crippen LogP contribution in [0.15, 0.2) is 54.6 Å². The van der Waals surface area contributed by atoms with E-state index in [0.29, 0.717) is 17.9 Å². The fraction of sp³-hybridized carbons (Fsp3) is 0.333. The van der Waals surface area contributed by atoms with Gasteiger partial charge in [-0.1, -0.05) is 37.3 Å². The van der Waals surface area contributed by atoms with Crippen molar-refractivity contribution in [3.05, 3.63) is 65.7 Å². The Morgan fingerprint density at radius 1 is 1.04 bits per heavy atom. The normalized spacial score (nSPS) is 12.9. The van der Waals surface area contributed by atoms with E-state index in [0.717, 1.165) is 6.42 Å². The Morgan fingerprint density at radius 3 is 2.24 bits per heavy atom. The molecule has 4 heteroatoms. The molecule has 0 saturated carbocycles. The monoisotopic (exact) mass is 339 g/mol. The van der Waals surface area contributed by atoms with E-state index in [4.69, 9.17) is 4.74 Å². The first-order chi connectivity index (χ1) is 12.0. The Morgan fingerprint density at radius 2 is 1.68 bits per heavy atom. The number of amides is 1. The van der Waals surface area contributed by atoms with Crippen molar-refractivity contribution in [3.63, 3.8) is 0 Å². The molecular formula is C21H25NO3. The summed E-state index contributed by atoms with van der Waals surface area (Å²) in [5.41, 5.74) is 1.84. The van der Waals surface area contributed by atoms with Crippen LogP contribution in [0, 0.1) is 0 Å². The third kappa shape index (κ3) is 5.45. The zero-order valence-electron chi connectivity index (χ0n) is 15.0. The molecule has 0 unspecified atom stereocenters. The molecule has 2 aromatic carbocycles. The summed E-state index contributed by atoms with van der Waals surface area (Å²) in [4.78, 5) is 23.6. The van der Waals surface area contributed by atoms with Gasteiger partial charge >= 0.3 is 0 Å². The summed E-state index contributed by atoms with van der Waals surface area (Å²) < 4.78 is 5.66. The summed E-state index contributed by atoms with van der Waals surface area (Å²) >= 11 is 0. The highest BCUT2D eigenvalue weighted by molar-refractivity contribution is 5.94. The number of Topliss-reactive ketones (excluding diaryl/α,β-unsaturated/α-hetero) is 1. The second-order valence-electron chi connectivity index (χ2n) is 6.10. The van der Waals surface area contributed by atoms with Crippen LogP contribution in [0.2, 0.25) is 0 Å². The minimum atomic E-state index is -0.601. The summed E-state index contributed by atoms with van der Waals surface area (Å²) in [6, 6.07) is 17.0. The van der Waals surface area contributed by atoms with Crippen molar-refractivity contribution >= 4 is 11.7 Å². The van der Waals surface area contributed by atoms with Gasteiger partial charge in [-0.3, -0.25) is 9.59 Å². The average molecular weight is 339 g/mol. The third-order valence-electron chi connectivity index (χ3n) is 4.23. The number of hydrogen-bond donors (Lipinski definition) is 1. The highest BCUT2D eigenvalue weighted by atomic mass is 16.5. The molecule has 25 heavy (non-hydrogen) atoms. The second kappa shape index (κ2) is 9.02. The van der Waals surface area contributed by atoms with Gasteiger partial charge < -0.3 is 10.1 Å². The van der Waals surface area contributed by atoms with Gasteiger partial charge in [0.1, 0.15) is 5.75 Å². The van der Waals surface area contributed by atoms with Gasteiger partial charge in [0.2, 0.25) is 0 Å². The number of rotatable bonds is 8. The lowest BCUT2D eigenvalue weighted by Crippen LogP contribution is -2.38. The Hall–Kier alpha value is -2.62. The molecule has 0 aliphatic rings. The van der Waals surface area contributed by atoms with Crippen molar-refractivity contribution in [3.8, 4) is 5.75 Å². The largest absolute Gasteiger partial charge is 0.481 e. The number of nitrogens with one attached hydrogen (secondary N) is 1. The SMILES string of the molecule is CC[C@H](CNC(=O)[C@H](C)Oc1ccc(C(C)=O)cc1)c1ccccc1. The first-order valence-corrected chi connectivity index (χ1v) is 8.61. The molecule has 0 saturated heterocycles.